The average molecular weight is 351 g/mol. The Morgan fingerprint density at radius 2 is 1.63 bits per heavy atom. The van der Waals surface area contributed by atoms with Gasteiger partial charge in [0.15, 0.2) is 0 Å². The molecule has 0 radical (unpaired) electrons. The summed E-state index contributed by atoms with van der Waals surface area (Å²) >= 11 is 0. The van der Waals surface area contributed by atoms with Crippen LogP contribution in [0.25, 0.3) is 16.8 Å². The molecule has 1 nitrogen and oxygen atoms in total. The minimum atomic E-state index is 0.254. The molecule has 5 rings (SSSR count). The summed E-state index contributed by atoms with van der Waals surface area (Å²) in [6.07, 6.45) is 12.7. The van der Waals surface area contributed by atoms with E-state index in [-0.39, 0.29) is 5.92 Å². The first-order valence-corrected chi connectivity index (χ1v) is 10.2. The molecule has 134 valence electrons. The van der Waals surface area contributed by atoms with Gasteiger partial charge in [-0.05, 0) is 57.9 Å². The second-order valence-corrected chi connectivity index (χ2v) is 7.96. The van der Waals surface area contributed by atoms with Crippen molar-refractivity contribution in [3.63, 3.8) is 0 Å². The number of fused-ring (bicyclic) bond motifs is 2. The second kappa shape index (κ2) is 6.81. The van der Waals surface area contributed by atoms with E-state index in [0.717, 1.165) is 5.56 Å². The van der Waals surface area contributed by atoms with Gasteiger partial charge in [-0.2, -0.15) is 0 Å². The quantitative estimate of drug-likeness (QED) is 0.489. The minimum Gasteiger partial charge on any atom is -0.308 e. The minimum absolute atomic E-state index is 0.254. The first kappa shape index (κ1) is 16.5. The Hall–Kier alpha value is -2.67. The van der Waals surface area contributed by atoms with Gasteiger partial charge >= 0.3 is 0 Å². The fourth-order valence-corrected chi connectivity index (χ4v) is 5.18. The molecule has 0 heterocycles. The van der Waals surface area contributed by atoms with Crippen molar-refractivity contribution in [2.75, 3.05) is 0 Å². The first-order chi connectivity index (χ1) is 13.4. The zero-order valence-corrected chi connectivity index (χ0v) is 15.6. The maximum atomic E-state index is 8.32. The van der Waals surface area contributed by atoms with Crippen molar-refractivity contribution in [3.05, 3.63) is 88.5 Å². The topological polar surface area (TPSA) is 23.9 Å². The van der Waals surface area contributed by atoms with E-state index in [2.05, 4.69) is 66.7 Å². The third-order valence-electron chi connectivity index (χ3n) is 6.46. The van der Waals surface area contributed by atoms with Gasteiger partial charge in [-0.25, -0.2) is 0 Å². The molecule has 1 N–H and O–H groups in total. The Balaban J connectivity index is 1.76. The standard InChI is InChI=1S/C26H25N/c27-17-25-24(23-15-14-18-8-4-6-12-21(18)23)16-20-11-5-7-13-22(20)26(25)19-9-2-1-3-10-19/h4-8,11-17,19,23,27H,1-3,9-10H2. The van der Waals surface area contributed by atoms with Crippen LogP contribution in [0.4, 0.5) is 0 Å². The summed E-state index contributed by atoms with van der Waals surface area (Å²) in [5.41, 5.74) is 6.56. The van der Waals surface area contributed by atoms with Gasteiger partial charge in [0.05, 0.1) is 0 Å². The van der Waals surface area contributed by atoms with Gasteiger partial charge in [0.25, 0.3) is 0 Å². The molecule has 0 aliphatic heterocycles. The van der Waals surface area contributed by atoms with E-state index in [4.69, 9.17) is 5.41 Å². The predicted molar refractivity (Wildman–Crippen MR) is 115 cm³/mol. The second-order valence-electron chi connectivity index (χ2n) is 7.96. The van der Waals surface area contributed by atoms with E-state index in [1.165, 1.54) is 65.1 Å². The third kappa shape index (κ3) is 2.73. The summed E-state index contributed by atoms with van der Waals surface area (Å²) in [5.74, 6) is 0.838. The molecule has 0 aromatic heterocycles. The fourth-order valence-electron chi connectivity index (χ4n) is 5.18. The Labute approximate surface area is 161 Å². The van der Waals surface area contributed by atoms with Crippen LogP contribution in [0.5, 0.6) is 0 Å². The van der Waals surface area contributed by atoms with Gasteiger partial charge < -0.3 is 5.41 Å². The van der Waals surface area contributed by atoms with Crippen LogP contribution in [0.1, 0.15) is 71.8 Å². The molecule has 0 bridgehead atoms. The lowest BCUT2D eigenvalue weighted by Gasteiger charge is -2.28. The fraction of sp³-hybridized carbons (Fsp3) is 0.269. The number of allylic oxidation sites excluding steroid dienone is 1. The lowest BCUT2D eigenvalue weighted by molar-refractivity contribution is 0.445. The molecule has 1 heteroatoms. The van der Waals surface area contributed by atoms with Crippen LogP contribution >= 0.6 is 0 Å². The molecule has 2 aliphatic carbocycles. The highest BCUT2D eigenvalue weighted by Gasteiger charge is 2.27. The van der Waals surface area contributed by atoms with Crippen LogP contribution in [0.3, 0.4) is 0 Å². The maximum Gasteiger partial charge on any atom is 0.0285 e. The molecule has 1 unspecified atom stereocenters. The molecule has 3 aromatic rings. The lowest BCUT2D eigenvalue weighted by atomic mass is 9.76. The van der Waals surface area contributed by atoms with Gasteiger partial charge in [0, 0.05) is 17.7 Å². The van der Waals surface area contributed by atoms with Crippen LogP contribution in [0.15, 0.2) is 60.7 Å². The van der Waals surface area contributed by atoms with E-state index in [1.54, 1.807) is 6.21 Å². The molecule has 0 saturated heterocycles. The van der Waals surface area contributed by atoms with Gasteiger partial charge in [0.1, 0.15) is 0 Å². The van der Waals surface area contributed by atoms with Crippen molar-refractivity contribution in [1.29, 1.82) is 5.41 Å². The van der Waals surface area contributed by atoms with E-state index in [9.17, 15) is 0 Å². The summed E-state index contributed by atoms with van der Waals surface area (Å²) in [6.45, 7) is 0. The largest absolute Gasteiger partial charge is 0.308 e. The van der Waals surface area contributed by atoms with Gasteiger partial charge in [-0.15, -0.1) is 0 Å². The monoisotopic (exact) mass is 351 g/mol. The van der Waals surface area contributed by atoms with E-state index in [1.807, 2.05) is 0 Å². The molecule has 2 aliphatic rings. The van der Waals surface area contributed by atoms with Crippen LogP contribution in [0, 0.1) is 5.41 Å². The van der Waals surface area contributed by atoms with Gasteiger partial charge in [-0.3, -0.25) is 0 Å². The van der Waals surface area contributed by atoms with E-state index < -0.39 is 0 Å². The highest BCUT2D eigenvalue weighted by molar-refractivity contribution is 5.97. The summed E-state index contributed by atoms with van der Waals surface area (Å²) in [4.78, 5) is 0. The van der Waals surface area contributed by atoms with Crippen molar-refractivity contribution in [2.45, 2.75) is 43.9 Å². The van der Waals surface area contributed by atoms with Crippen molar-refractivity contribution in [2.24, 2.45) is 0 Å². The van der Waals surface area contributed by atoms with Crippen LogP contribution < -0.4 is 0 Å². The summed E-state index contributed by atoms with van der Waals surface area (Å²) in [5, 5.41) is 11.0. The molecular weight excluding hydrogens is 326 g/mol. The predicted octanol–water partition coefficient (Wildman–Crippen LogP) is 7.04. The molecule has 3 aromatic carbocycles. The molecule has 0 amide bonds. The molecule has 1 saturated carbocycles. The maximum absolute atomic E-state index is 8.32. The van der Waals surface area contributed by atoms with Crippen LogP contribution in [-0.4, -0.2) is 6.21 Å². The summed E-state index contributed by atoms with van der Waals surface area (Å²) in [6, 6.07) is 19.8. The number of hydrogen-bond donors (Lipinski definition) is 1. The van der Waals surface area contributed by atoms with Crippen molar-refractivity contribution in [1.82, 2.24) is 0 Å². The van der Waals surface area contributed by atoms with Gasteiger partial charge in [-0.1, -0.05) is 79.9 Å². The van der Waals surface area contributed by atoms with E-state index >= 15 is 0 Å². The number of benzene rings is 3. The Morgan fingerprint density at radius 1 is 0.852 bits per heavy atom. The van der Waals surface area contributed by atoms with Crippen LogP contribution in [0.2, 0.25) is 0 Å². The molecule has 1 atom stereocenters. The van der Waals surface area contributed by atoms with Crippen molar-refractivity contribution < 1.29 is 0 Å². The SMILES string of the molecule is N=Cc1c(C2C=Cc3ccccc32)cc2ccccc2c1C1CCCCC1. The first-order valence-electron chi connectivity index (χ1n) is 10.2. The van der Waals surface area contributed by atoms with Crippen LogP contribution in [-0.2, 0) is 0 Å². The summed E-state index contributed by atoms with van der Waals surface area (Å²) < 4.78 is 0. The molecule has 27 heavy (non-hydrogen) atoms. The average Bonchev–Trinajstić information content (AvgIpc) is 3.17. The molecule has 1 fully saturated rings. The van der Waals surface area contributed by atoms with E-state index in [0.29, 0.717) is 5.92 Å². The zero-order chi connectivity index (χ0) is 18.2. The van der Waals surface area contributed by atoms with Crippen molar-refractivity contribution >= 4 is 23.1 Å². The smallest absolute Gasteiger partial charge is 0.0285 e. The molecular formula is C26H25N. The zero-order valence-electron chi connectivity index (χ0n) is 15.6. The normalized spacial score (nSPS) is 19.3. The number of rotatable bonds is 3. The lowest BCUT2D eigenvalue weighted by Crippen LogP contribution is -2.11. The Morgan fingerprint density at radius 3 is 2.48 bits per heavy atom. The Bertz CT molecular complexity index is 1040. The molecule has 0 spiro atoms. The van der Waals surface area contributed by atoms with Gasteiger partial charge in [0.2, 0.25) is 0 Å². The Kier molecular flexibility index (Phi) is 4.16. The number of nitrogens with one attached hydrogen (secondary N) is 1. The highest BCUT2D eigenvalue weighted by Crippen LogP contribution is 2.44. The number of hydrogen-bond acceptors (Lipinski definition) is 1. The van der Waals surface area contributed by atoms with Crippen molar-refractivity contribution in [3.8, 4) is 0 Å². The summed E-state index contributed by atoms with van der Waals surface area (Å²) in [7, 11) is 0. The highest BCUT2D eigenvalue weighted by atomic mass is 14.4. The third-order valence-corrected chi connectivity index (χ3v) is 6.46.